The van der Waals surface area contributed by atoms with Gasteiger partial charge in [-0.2, -0.15) is 0 Å². The Kier molecular flexibility index (Phi) is 5.01. The Morgan fingerprint density at radius 1 is 1.28 bits per heavy atom. The molecule has 3 rings (SSSR count). The van der Waals surface area contributed by atoms with Gasteiger partial charge in [0, 0.05) is 35.6 Å². The summed E-state index contributed by atoms with van der Waals surface area (Å²) in [7, 11) is 1.55. The Hall–Kier alpha value is -2.44. The van der Waals surface area contributed by atoms with Gasteiger partial charge in [0.15, 0.2) is 5.69 Å². The van der Waals surface area contributed by atoms with Crippen LogP contribution in [-0.2, 0) is 16.1 Å². The van der Waals surface area contributed by atoms with Gasteiger partial charge in [0.05, 0.1) is 24.4 Å². The van der Waals surface area contributed by atoms with Crippen LogP contribution in [-0.4, -0.2) is 34.8 Å². The number of pyridine rings is 1. The van der Waals surface area contributed by atoms with Crippen LogP contribution in [0.5, 0.6) is 0 Å². The van der Waals surface area contributed by atoms with Crippen molar-refractivity contribution >= 4 is 27.8 Å². The van der Waals surface area contributed by atoms with Crippen LogP contribution in [0, 0.1) is 0 Å². The fourth-order valence-electron chi connectivity index (χ4n) is 3.40. The molecule has 1 aromatic carbocycles. The second-order valence-corrected chi connectivity index (χ2v) is 5.86. The van der Waals surface area contributed by atoms with Gasteiger partial charge in [-0.3, -0.25) is 0 Å². The molecule has 0 radical (unpaired) electrons. The third-order valence-corrected chi connectivity index (χ3v) is 4.37. The minimum Gasteiger partial charge on any atom is -0.477 e. The summed E-state index contributed by atoms with van der Waals surface area (Å²) in [6.07, 6.45) is 2.35. The molecule has 0 amide bonds. The van der Waals surface area contributed by atoms with Crippen molar-refractivity contribution in [2.75, 3.05) is 13.7 Å². The van der Waals surface area contributed by atoms with Crippen LogP contribution in [0.1, 0.15) is 48.0 Å². The average molecular weight is 342 g/mol. The number of ether oxygens (including phenoxy) is 2. The molecule has 2 heterocycles. The number of H-pyrrole nitrogens is 1. The van der Waals surface area contributed by atoms with Crippen molar-refractivity contribution in [3.05, 3.63) is 41.2 Å². The van der Waals surface area contributed by atoms with Crippen molar-refractivity contribution in [1.82, 2.24) is 9.97 Å². The first kappa shape index (κ1) is 17.4. The van der Waals surface area contributed by atoms with E-state index in [1.54, 1.807) is 13.3 Å². The predicted octanol–water partition coefficient (Wildman–Crippen LogP) is 4.05. The van der Waals surface area contributed by atoms with Crippen LogP contribution in [0.4, 0.5) is 0 Å². The van der Waals surface area contributed by atoms with Crippen molar-refractivity contribution in [1.29, 1.82) is 0 Å². The van der Waals surface area contributed by atoms with E-state index in [1.807, 2.05) is 25.1 Å². The molecule has 1 unspecified atom stereocenters. The first-order chi connectivity index (χ1) is 12.1. The molecule has 0 aliphatic carbocycles. The minimum atomic E-state index is -1.06. The maximum absolute atomic E-state index is 11.6. The van der Waals surface area contributed by atoms with Gasteiger partial charge in [0.2, 0.25) is 0 Å². The lowest BCUT2D eigenvalue weighted by atomic mass is 9.97. The molecule has 1 atom stereocenters. The van der Waals surface area contributed by atoms with Crippen LogP contribution in [0.15, 0.2) is 24.4 Å². The summed E-state index contributed by atoms with van der Waals surface area (Å²) in [5.41, 5.74) is 3.39. The highest BCUT2D eigenvalue weighted by Gasteiger charge is 2.22. The molecular formula is C19H22N2O4. The Morgan fingerprint density at radius 2 is 2.08 bits per heavy atom. The molecule has 0 aliphatic rings. The standard InChI is InChI=1S/C19H22N2O4/c1-4-15(25-5-2)11-7-6-8-13-16(11)17-12(10-24-3)18(19(22)23)20-9-14(17)21-13/h6-9,15,21H,4-5,10H2,1-3H3,(H,22,23). The van der Waals surface area contributed by atoms with E-state index in [0.717, 1.165) is 33.8 Å². The third kappa shape index (κ3) is 2.99. The largest absolute Gasteiger partial charge is 0.477 e. The highest BCUT2D eigenvalue weighted by Crippen LogP contribution is 2.36. The molecular weight excluding hydrogens is 320 g/mol. The number of aromatic carboxylic acids is 1. The fourth-order valence-corrected chi connectivity index (χ4v) is 3.40. The maximum atomic E-state index is 11.6. The molecule has 132 valence electrons. The number of hydrogen-bond acceptors (Lipinski definition) is 4. The lowest BCUT2D eigenvalue weighted by Gasteiger charge is -2.17. The zero-order valence-electron chi connectivity index (χ0n) is 14.6. The van der Waals surface area contributed by atoms with E-state index >= 15 is 0 Å². The molecule has 2 aromatic heterocycles. The highest BCUT2D eigenvalue weighted by atomic mass is 16.5. The Labute approximate surface area is 145 Å². The molecule has 6 nitrogen and oxygen atoms in total. The van der Waals surface area contributed by atoms with E-state index in [-0.39, 0.29) is 18.4 Å². The van der Waals surface area contributed by atoms with Gasteiger partial charge in [-0.25, -0.2) is 9.78 Å². The monoisotopic (exact) mass is 342 g/mol. The molecule has 0 fully saturated rings. The van der Waals surface area contributed by atoms with E-state index in [0.29, 0.717) is 12.2 Å². The predicted molar refractivity (Wildman–Crippen MR) is 95.9 cm³/mol. The number of carboxylic acids is 1. The summed E-state index contributed by atoms with van der Waals surface area (Å²) in [5, 5.41) is 11.3. The number of nitrogens with one attached hydrogen (secondary N) is 1. The number of rotatable bonds is 7. The highest BCUT2D eigenvalue weighted by molar-refractivity contribution is 6.12. The van der Waals surface area contributed by atoms with Gasteiger partial charge in [-0.05, 0) is 25.0 Å². The number of nitrogens with zero attached hydrogens (tertiary/aromatic N) is 1. The van der Waals surface area contributed by atoms with E-state index in [4.69, 9.17) is 9.47 Å². The Morgan fingerprint density at radius 3 is 2.72 bits per heavy atom. The summed E-state index contributed by atoms with van der Waals surface area (Å²) in [5.74, 6) is -1.06. The minimum absolute atomic E-state index is 0.0227. The normalized spacial score (nSPS) is 12.8. The molecule has 3 aromatic rings. The van der Waals surface area contributed by atoms with Gasteiger partial charge < -0.3 is 19.6 Å². The summed E-state index contributed by atoms with van der Waals surface area (Å²) < 4.78 is 11.2. The number of aromatic amines is 1. The number of carbonyl (C=O) groups is 1. The van der Waals surface area contributed by atoms with Gasteiger partial charge in [-0.1, -0.05) is 19.1 Å². The lowest BCUT2D eigenvalue weighted by molar-refractivity contribution is 0.0609. The molecule has 6 heteroatoms. The average Bonchev–Trinajstić information content (AvgIpc) is 2.99. The zero-order chi connectivity index (χ0) is 18.0. The van der Waals surface area contributed by atoms with Crippen LogP contribution < -0.4 is 0 Å². The number of fused-ring (bicyclic) bond motifs is 3. The van der Waals surface area contributed by atoms with Crippen molar-refractivity contribution in [2.45, 2.75) is 33.0 Å². The number of benzene rings is 1. The summed E-state index contributed by atoms with van der Waals surface area (Å²) in [4.78, 5) is 19.1. The van der Waals surface area contributed by atoms with Gasteiger partial charge in [-0.15, -0.1) is 0 Å². The van der Waals surface area contributed by atoms with Crippen molar-refractivity contribution in [3.8, 4) is 0 Å². The van der Waals surface area contributed by atoms with Crippen LogP contribution in [0.2, 0.25) is 0 Å². The number of aromatic nitrogens is 2. The zero-order valence-corrected chi connectivity index (χ0v) is 14.6. The molecule has 0 spiro atoms. The topological polar surface area (TPSA) is 84.4 Å². The first-order valence-electron chi connectivity index (χ1n) is 8.38. The fraction of sp³-hybridized carbons (Fsp3) is 0.368. The Bertz CT molecular complexity index is 917. The molecule has 0 bridgehead atoms. The second-order valence-electron chi connectivity index (χ2n) is 5.86. The summed E-state index contributed by atoms with van der Waals surface area (Å²) >= 11 is 0. The van der Waals surface area contributed by atoms with Crippen molar-refractivity contribution in [3.63, 3.8) is 0 Å². The number of hydrogen-bond donors (Lipinski definition) is 2. The first-order valence-corrected chi connectivity index (χ1v) is 8.38. The molecule has 25 heavy (non-hydrogen) atoms. The SMILES string of the molecule is CCOC(CC)c1cccc2[nH]c3cnc(C(=O)O)c(COC)c3c12. The van der Waals surface area contributed by atoms with E-state index in [9.17, 15) is 9.90 Å². The second kappa shape index (κ2) is 7.21. The van der Waals surface area contributed by atoms with Gasteiger partial charge in [0.1, 0.15) is 0 Å². The van der Waals surface area contributed by atoms with Crippen LogP contribution in [0.3, 0.4) is 0 Å². The molecule has 0 saturated carbocycles. The molecule has 0 saturated heterocycles. The smallest absolute Gasteiger partial charge is 0.354 e. The van der Waals surface area contributed by atoms with Crippen LogP contribution in [0.25, 0.3) is 21.8 Å². The van der Waals surface area contributed by atoms with Crippen LogP contribution >= 0.6 is 0 Å². The summed E-state index contributed by atoms with van der Waals surface area (Å²) in [6.45, 7) is 4.85. The third-order valence-electron chi connectivity index (χ3n) is 4.37. The van der Waals surface area contributed by atoms with Crippen molar-refractivity contribution in [2.24, 2.45) is 0 Å². The number of methoxy groups -OCH3 is 1. The van der Waals surface area contributed by atoms with Gasteiger partial charge >= 0.3 is 5.97 Å². The molecule has 0 aliphatic heterocycles. The number of carboxylic acid groups (broad SMARTS) is 1. The van der Waals surface area contributed by atoms with Gasteiger partial charge in [0.25, 0.3) is 0 Å². The summed E-state index contributed by atoms with van der Waals surface area (Å²) in [6, 6.07) is 6.00. The van der Waals surface area contributed by atoms with E-state index in [1.165, 1.54) is 0 Å². The van der Waals surface area contributed by atoms with E-state index in [2.05, 4.69) is 16.9 Å². The quantitative estimate of drug-likeness (QED) is 0.677. The molecule has 2 N–H and O–H groups in total. The maximum Gasteiger partial charge on any atom is 0.354 e. The lowest BCUT2D eigenvalue weighted by Crippen LogP contribution is -2.08. The van der Waals surface area contributed by atoms with E-state index < -0.39 is 5.97 Å². The Balaban J connectivity index is 2.40. The van der Waals surface area contributed by atoms with Crippen molar-refractivity contribution < 1.29 is 19.4 Å².